The number of nitrogens with zero attached hydrogens (tertiary/aromatic N) is 2. The molecule has 0 saturated heterocycles. The van der Waals surface area contributed by atoms with E-state index in [0.29, 0.717) is 5.69 Å². The van der Waals surface area contributed by atoms with Crippen LogP contribution in [-0.2, 0) is 0 Å². The number of carbonyl (C=O) groups is 1. The van der Waals surface area contributed by atoms with Gasteiger partial charge in [-0.25, -0.2) is 9.48 Å². The standard InChI is InChI=1S/C16H11BrN2O2/c17-12-6-8-13(9-7-12)19-10-14(16(20)21)15(18-19)11-4-2-1-3-5-11/h1-10H,(H,20,21). The van der Waals surface area contributed by atoms with Crippen LogP contribution in [0.4, 0.5) is 0 Å². The molecule has 1 aromatic heterocycles. The molecule has 0 aliphatic heterocycles. The van der Waals surface area contributed by atoms with Crippen LogP contribution in [0.2, 0.25) is 0 Å². The van der Waals surface area contributed by atoms with E-state index in [4.69, 9.17) is 0 Å². The third kappa shape index (κ3) is 2.73. The van der Waals surface area contributed by atoms with Gasteiger partial charge in [0.25, 0.3) is 0 Å². The third-order valence-electron chi connectivity index (χ3n) is 3.08. The van der Waals surface area contributed by atoms with Crippen molar-refractivity contribution in [2.24, 2.45) is 0 Å². The maximum Gasteiger partial charge on any atom is 0.339 e. The van der Waals surface area contributed by atoms with Gasteiger partial charge in [-0.1, -0.05) is 46.3 Å². The monoisotopic (exact) mass is 342 g/mol. The van der Waals surface area contributed by atoms with Gasteiger partial charge in [0.05, 0.1) is 5.69 Å². The van der Waals surface area contributed by atoms with E-state index in [9.17, 15) is 9.90 Å². The summed E-state index contributed by atoms with van der Waals surface area (Å²) in [6, 6.07) is 16.8. The lowest BCUT2D eigenvalue weighted by Gasteiger charge is -2.01. The molecule has 0 spiro atoms. The largest absolute Gasteiger partial charge is 0.478 e. The highest BCUT2D eigenvalue weighted by molar-refractivity contribution is 9.10. The van der Waals surface area contributed by atoms with Gasteiger partial charge in [-0.05, 0) is 24.3 Å². The Balaban J connectivity index is 2.13. The lowest BCUT2D eigenvalue weighted by atomic mass is 10.1. The summed E-state index contributed by atoms with van der Waals surface area (Å²) in [5.41, 5.74) is 2.24. The van der Waals surface area contributed by atoms with Crippen molar-refractivity contribution in [2.75, 3.05) is 0 Å². The van der Waals surface area contributed by atoms with Crippen LogP contribution in [0, 0.1) is 0 Å². The molecule has 2 aromatic carbocycles. The van der Waals surface area contributed by atoms with Crippen LogP contribution >= 0.6 is 15.9 Å². The van der Waals surface area contributed by atoms with Gasteiger partial charge in [-0.15, -0.1) is 0 Å². The molecule has 0 aliphatic carbocycles. The molecule has 0 amide bonds. The zero-order chi connectivity index (χ0) is 14.8. The molecule has 0 bridgehead atoms. The Kier molecular flexibility index (Phi) is 3.58. The first-order valence-electron chi connectivity index (χ1n) is 6.29. The summed E-state index contributed by atoms with van der Waals surface area (Å²) in [6.45, 7) is 0. The first kappa shape index (κ1) is 13.6. The molecule has 21 heavy (non-hydrogen) atoms. The predicted octanol–water partition coefficient (Wildman–Crippen LogP) is 4.00. The number of carboxylic acid groups (broad SMARTS) is 1. The van der Waals surface area contributed by atoms with Gasteiger partial charge < -0.3 is 5.11 Å². The van der Waals surface area contributed by atoms with Crippen molar-refractivity contribution in [3.05, 3.63) is 70.8 Å². The first-order chi connectivity index (χ1) is 10.1. The van der Waals surface area contributed by atoms with Crippen molar-refractivity contribution in [2.45, 2.75) is 0 Å². The number of carboxylic acids is 1. The normalized spacial score (nSPS) is 10.5. The van der Waals surface area contributed by atoms with E-state index in [1.54, 1.807) is 4.68 Å². The number of halogens is 1. The maximum absolute atomic E-state index is 11.4. The number of hydrogen-bond acceptors (Lipinski definition) is 2. The Morgan fingerprint density at radius 3 is 2.33 bits per heavy atom. The van der Waals surface area contributed by atoms with E-state index in [1.807, 2.05) is 54.6 Å². The summed E-state index contributed by atoms with van der Waals surface area (Å²) in [7, 11) is 0. The average molecular weight is 343 g/mol. The molecule has 0 aliphatic rings. The Morgan fingerprint density at radius 2 is 1.71 bits per heavy atom. The molecule has 0 radical (unpaired) electrons. The third-order valence-corrected chi connectivity index (χ3v) is 3.61. The van der Waals surface area contributed by atoms with Crippen molar-refractivity contribution < 1.29 is 9.90 Å². The smallest absolute Gasteiger partial charge is 0.339 e. The summed E-state index contributed by atoms with van der Waals surface area (Å²) in [4.78, 5) is 11.4. The second-order valence-corrected chi connectivity index (χ2v) is 5.40. The summed E-state index contributed by atoms with van der Waals surface area (Å²) in [5.74, 6) is -0.989. The fourth-order valence-corrected chi connectivity index (χ4v) is 2.33. The summed E-state index contributed by atoms with van der Waals surface area (Å²) < 4.78 is 2.54. The number of rotatable bonds is 3. The highest BCUT2D eigenvalue weighted by Gasteiger charge is 2.17. The Hall–Kier alpha value is -2.40. The first-order valence-corrected chi connectivity index (χ1v) is 7.09. The highest BCUT2D eigenvalue weighted by atomic mass is 79.9. The average Bonchev–Trinajstić information content (AvgIpc) is 2.94. The molecule has 0 atom stereocenters. The molecular formula is C16H11BrN2O2. The lowest BCUT2D eigenvalue weighted by Crippen LogP contribution is -1.96. The van der Waals surface area contributed by atoms with Crippen molar-refractivity contribution >= 4 is 21.9 Å². The zero-order valence-electron chi connectivity index (χ0n) is 10.9. The van der Waals surface area contributed by atoms with Crippen LogP contribution in [0.5, 0.6) is 0 Å². The number of aromatic carboxylic acids is 1. The van der Waals surface area contributed by atoms with Gasteiger partial charge in [0.15, 0.2) is 0 Å². The molecule has 0 saturated carbocycles. The summed E-state index contributed by atoms with van der Waals surface area (Å²) in [6.07, 6.45) is 1.54. The lowest BCUT2D eigenvalue weighted by molar-refractivity contribution is 0.0697. The van der Waals surface area contributed by atoms with E-state index < -0.39 is 5.97 Å². The molecule has 104 valence electrons. The van der Waals surface area contributed by atoms with Crippen LogP contribution in [0.3, 0.4) is 0 Å². The minimum Gasteiger partial charge on any atom is -0.478 e. The molecule has 3 rings (SSSR count). The van der Waals surface area contributed by atoms with Gasteiger partial charge in [-0.2, -0.15) is 5.10 Å². The highest BCUT2D eigenvalue weighted by Crippen LogP contribution is 2.24. The molecule has 0 unspecified atom stereocenters. The second kappa shape index (κ2) is 5.54. The fourth-order valence-electron chi connectivity index (χ4n) is 2.07. The van der Waals surface area contributed by atoms with Crippen molar-refractivity contribution in [1.82, 2.24) is 9.78 Å². The fraction of sp³-hybridized carbons (Fsp3) is 0. The Labute approximate surface area is 129 Å². The molecule has 1 N–H and O–H groups in total. The Morgan fingerprint density at radius 1 is 1.05 bits per heavy atom. The van der Waals surface area contributed by atoms with Crippen LogP contribution in [0.25, 0.3) is 16.9 Å². The minimum atomic E-state index is -0.989. The van der Waals surface area contributed by atoms with E-state index in [2.05, 4.69) is 21.0 Å². The van der Waals surface area contributed by atoms with Crippen molar-refractivity contribution in [3.63, 3.8) is 0 Å². The molecule has 0 fully saturated rings. The van der Waals surface area contributed by atoms with Crippen LogP contribution in [0.1, 0.15) is 10.4 Å². The topological polar surface area (TPSA) is 55.1 Å². The second-order valence-electron chi connectivity index (χ2n) is 4.48. The van der Waals surface area contributed by atoms with Gasteiger partial charge in [0.2, 0.25) is 0 Å². The van der Waals surface area contributed by atoms with Crippen molar-refractivity contribution in [1.29, 1.82) is 0 Å². The summed E-state index contributed by atoms with van der Waals surface area (Å²) >= 11 is 3.37. The number of aromatic nitrogens is 2. The van der Waals surface area contributed by atoms with Crippen LogP contribution in [-0.4, -0.2) is 20.9 Å². The summed E-state index contributed by atoms with van der Waals surface area (Å²) in [5, 5.41) is 13.8. The van der Waals surface area contributed by atoms with Gasteiger partial charge in [0, 0.05) is 16.2 Å². The van der Waals surface area contributed by atoms with E-state index in [1.165, 1.54) is 6.20 Å². The number of hydrogen-bond donors (Lipinski definition) is 1. The number of benzene rings is 2. The van der Waals surface area contributed by atoms with Gasteiger partial charge in [-0.3, -0.25) is 0 Å². The molecular weight excluding hydrogens is 332 g/mol. The molecule has 3 aromatic rings. The molecule has 1 heterocycles. The van der Waals surface area contributed by atoms with Gasteiger partial charge >= 0.3 is 5.97 Å². The SMILES string of the molecule is O=C(O)c1cn(-c2ccc(Br)cc2)nc1-c1ccccc1. The Bertz CT molecular complexity index is 780. The molecule has 5 heteroatoms. The minimum absolute atomic E-state index is 0.184. The van der Waals surface area contributed by atoms with Gasteiger partial charge in [0.1, 0.15) is 11.3 Å². The predicted molar refractivity (Wildman–Crippen MR) is 83.7 cm³/mol. The van der Waals surface area contributed by atoms with E-state index in [0.717, 1.165) is 15.7 Å². The molecule has 4 nitrogen and oxygen atoms in total. The zero-order valence-corrected chi connectivity index (χ0v) is 12.5. The quantitative estimate of drug-likeness (QED) is 0.782. The van der Waals surface area contributed by atoms with Crippen LogP contribution < -0.4 is 0 Å². The van der Waals surface area contributed by atoms with Crippen molar-refractivity contribution in [3.8, 4) is 16.9 Å². The maximum atomic E-state index is 11.4. The van der Waals surface area contributed by atoms with E-state index >= 15 is 0 Å². The van der Waals surface area contributed by atoms with E-state index in [-0.39, 0.29) is 5.56 Å². The van der Waals surface area contributed by atoms with Crippen LogP contribution in [0.15, 0.2) is 65.3 Å².